The SMILES string of the molecule is O=C(O)[C@H]1C[C@@H](O)CN1C(=O)NCCc1ccccc1. The van der Waals surface area contributed by atoms with Crippen LogP contribution in [0.5, 0.6) is 0 Å². The number of likely N-dealkylation sites (tertiary alicyclic amines) is 1. The minimum Gasteiger partial charge on any atom is -0.480 e. The van der Waals surface area contributed by atoms with Crippen molar-refractivity contribution in [2.75, 3.05) is 13.1 Å². The normalized spacial score (nSPS) is 21.8. The van der Waals surface area contributed by atoms with Crippen LogP contribution < -0.4 is 5.32 Å². The largest absolute Gasteiger partial charge is 0.480 e. The number of nitrogens with one attached hydrogen (secondary N) is 1. The zero-order valence-corrected chi connectivity index (χ0v) is 11.0. The molecule has 1 heterocycles. The molecule has 0 saturated carbocycles. The Labute approximate surface area is 117 Å². The first-order valence-electron chi connectivity index (χ1n) is 6.57. The summed E-state index contributed by atoms with van der Waals surface area (Å²) in [5.74, 6) is -1.08. The number of urea groups is 1. The zero-order chi connectivity index (χ0) is 14.5. The molecule has 2 amide bonds. The Bertz CT molecular complexity index is 477. The molecule has 0 bridgehead atoms. The number of rotatable bonds is 4. The van der Waals surface area contributed by atoms with E-state index in [9.17, 15) is 14.7 Å². The molecule has 3 N–H and O–H groups in total. The molecule has 0 unspecified atom stereocenters. The van der Waals surface area contributed by atoms with Crippen molar-refractivity contribution in [2.24, 2.45) is 0 Å². The van der Waals surface area contributed by atoms with Crippen LogP contribution in [-0.4, -0.2) is 52.3 Å². The molecule has 0 aromatic heterocycles. The van der Waals surface area contributed by atoms with E-state index in [4.69, 9.17) is 5.11 Å². The molecule has 1 aliphatic rings. The number of carbonyl (C=O) groups excluding carboxylic acids is 1. The van der Waals surface area contributed by atoms with Crippen LogP contribution in [0.25, 0.3) is 0 Å². The van der Waals surface area contributed by atoms with Crippen LogP contribution in [0, 0.1) is 0 Å². The molecule has 108 valence electrons. The first kappa shape index (κ1) is 14.3. The maximum atomic E-state index is 11.9. The number of benzene rings is 1. The highest BCUT2D eigenvalue weighted by Crippen LogP contribution is 2.18. The average Bonchev–Trinajstić information content (AvgIpc) is 2.82. The molecule has 1 aromatic carbocycles. The summed E-state index contributed by atoms with van der Waals surface area (Å²) >= 11 is 0. The predicted octanol–water partition coefficient (Wildman–Crippen LogP) is 0.459. The minimum absolute atomic E-state index is 0.0636. The maximum Gasteiger partial charge on any atom is 0.326 e. The van der Waals surface area contributed by atoms with Crippen molar-refractivity contribution in [1.82, 2.24) is 10.2 Å². The summed E-state index contributed by atoms with van der Waals surface area (Å²) in [6.45, 7) is 0.496. The minimum atomic E-state index is -1.08. The molecule has 1 saturated heterocycles. The van der Waals surface area contributed by atoms with Crippen LogP contribution in [0.4, 0.5) is 4.79 Å². The number of hydrogen-bond donors (Lipinski definition) is 3. The maximum absolute atomic E-state index is 11.9. The molecule has 20 heavy (non-hydrogen) atoms. The Kier molecular flexibility index (Phi) is 4.57. The van der Waals surface area contributed by atoms with Crippen molar-refractivity contribution < 1.29 is 19.8 Å². The average molecular weight is 278 g/mol. The van der Waals surface area contributed by atoms with Crippen molar-refractivity contribution in [3.8, 4) is 0 Å². The second-order valence-electron chi connectivity index (χ2n) is 4.86. The smallest absolute Gasteiger partial charge is 0.326 e. The van der Waals surface area contributed by atoms with Gasteiger partial charge in [0.15, 0.2) is 0 Å². The van der Waals surface area contributed by atoms with E-state index in [0.717, 1.165) is 5.56 Å². The summed E-state index contributed by atoms with van der Waals surface area (Å²) in [5, 5.41) is 21.2. The van der Waals surface area contributed by atoms with Gasteiger partial charge in [-0.05, 0) is 12.0 Å². The van der Waals surface area contributed by atoms with Gasteiger partial charge in [-0.1, -0.05) is 30.3 Å². The Balaban J connectivity index is 1.84. The van der Waals surface area contributed by atoms with E-state index in [1.165, 1.54) is 4.90 Å². The molecule has 1 aliphatic heterocycles. The number of amides is 2. The number of β-amino-alcohol motifs (C(OH)–C–C–N with tert-alkyl or cyclic N) is 1. The van der Waals surface area contributed by atoms with Crippen LogP contribution >= 0.6 is 0 Å². The molecule has 0 spiro atoms. The fraction of sp³-hybridized carbons (Fsp3) is 0.429. The highest BCUT2D eigenvalue weighted by molar-refractivity contribution is 5.83. The number of carboxylic acids is 1. The third-order valence-corrected chi connectivity index (χ3v) is 3.36. The van der Waals surface area contributed by atoms with Crippen LogP contribution in [0.15, 0.2) is 30.3 Å². The monoisotopic (exact) mass is 278 g/mol. The lowest BCUT2D eigenvalue weighted by molar-refractivity contribution is -0.141. The van der Waals surface area contributed by atoms with E-state index in [0.29, 0.717) is 13.0 Å². The van der Waals surface area contributed by atoms with Gasteiger partial charge in [-0.25, -0.2) is 9.59 Å². The highest BCUT2D eigenvalue weighted by Gasteiger charge is 2.38. The second kappa shape index (κ2) is 6.38. The topological polar surface area (TPSA) is 89.9 Å². The third kappa shape index (κ3) is 3.48. The van der Waals surface area contributed by atoms with Gasteiger partial charge >= 0.3 is 12.0 Å². The molecule has 2 atom stereocenters. The van der Waals surface area contributed by atoms with E-state index < -0.39 is 24.1 Å². The molecule has 0 aliphatic carbocycles. The van der Waals surface area contributed by atoms with E-state index in [1.54, 1.807) is 0 Å². The van der Waals surface area contributed by atoms with Gasteiger partial charge in [-0.3, -0.25) is 0 Å². The highest BCUT2D eigenvalue weighted by atomic mass is 16.4. The van der Waals surface area contributed by atoms with Crippen LogP contribution in [0.3, 0.4) is 0 Å². The number of hydrogen-bond acceptors (Lipinski definition) is 3. The summed E-state index contributed by atoms with van der Waals surface area (Å²) in [7, 11) is 0. The lowest BCUT2D eigenvalue weighted by Crippen LogP contribution is -2.46. The van der Waals surface area contributed by atoms with E-state index in [1.807, 2.05) is 30.3 Å². The van der Waals surface area contributed by atoms with Gasteiger partial charge in [0.1, 0.15) is 6.04 Å². The fourth-order valence-corrected chi connectivity index (χ4v) is 2.33. The molecule has 1 aromatic rings. The molecule has 6 heteroatoms. The first-order chi connectivity index (χ1) is 9.58. The summed E-state index contributed by atoms with van der Waals surface area (Å²) in [6.07, 6.45) is -0.00160. The number of nitrogens with zero attached hydrogens (tertiary/aromatic N) is 1. The Morgan fingerprint density at radius 3 is 2.65 bits per heavy atom. The molecule has 6 nitrogen and oxygen atoms in total. The Morgan fingerprint density at radius 1 is 1.30 bits per heavy atom. The van der Waals surface area contributed by atoms with Crippen LogP contribution in [0.1, 0.15) is 12.0 Å². The van der Waals surface area contributed by atoms with Crippen molar-refractivity contribution in [1.29, 1.82) is 0 Å². The summed E-state index contributed by atoms with van der Waals surface area (Å²) in [4.78, 5) is 24.1. The van der Waals surface area contributed by atoms with E-state index in [2.05, 4.69) is 5.32 Å². The Hall–Kier alpha value is -2.08. The summed E-state index contributed by atoms with van der Waals surface area (Å²) in [5.41, 5.74) is 1.10. The molecular weight excluding hydrogens is 260 g/mol. The Morgan fingerprint density at radius 2 is 2.00 bits per heavy atom. The van der Waals surface area contributed by atoms with Crippen molar-refractivity contribution >= 4 is 12.0 Å². The van der Waals surface area contributed by atoms with E-state index in [-0.39, 0.29) is 13.0 Å². The number of aliphatic carboxylic acids is 1. The molecule has 2 rings (SSSR count). The fourth-order valence-electron chi connectivity index (χ4n) is 2.33. The standard InChI is InChI=1S/C14H18N2O4/c17-11-8-12(13(18)19)16(9-11)14(20)15-7-6-10-4-2-1-3-5-10/h1-5,11-12,17H,6-9H2,(H,15,20)(H,18,19)/t11-,12-/m1/s1. The molecule has 0 radical (unpaired) electrons. The van der Waals surface area contributed by atoms with E-state index >= 15 is 0 Å². The van der Waals surface area contributed by atoms with Gasteiger partial charge in [0, 0.05) is 19.5 Å². The van der Waals surface area contributed by atoms with Gasteiger partial charge in [0.2, 0.25) is 0 Å². The first-order valence-corrected chi connectivity index (χ1v) is 6.57. The van der Waals surface area contributed by atoms with Crippen molar-refractivity contribution in [3.63, 3.8) is 0 Å². The number of aliphatic hydroxyl groups is 1. The summed E-state index contributed by atoms with van der Waals surface area (Å²) in [6, 6.07) is 8.32. The number of carbonyl (C=O) groups is 2. The van der Waals surface area contributed by atoms with Gasteiger partial charge < -0.3 is 20.4 Å². The molecule has 1 fully saturated rings. The van der Waals surface area contributed by atoms with Gasteiger partial charge in [-0.2, -0.15) is 0 Å². The second-order valence-corrected chi connectivity index (χ2v) is 4.86. The van der Waals surface area contributed by atoms with Gasteiger partial charge in [-0.15, -0.1) is 0 Å². The summed E-state index contributed by atoms with van der Waals surface area (Å²) < 4.78 is 0. The van der Waals surface area contributed by atoms with Gasteiger partial charge in [0.25, 0.3) is 0 Å². The van der Waals surface area contributed by atoms with Crippen LogP contribution in [0.2, 0.25) is 0 Å². The lowest BCUT2D eigenvalue weighted by atomic mass is 10.1. The number of carboxylic acid groups (broad SMARTS) is 1. The van der Waals surface area contributed by atoms with Crippen LogP contribution in [-0.2, 0) is 11.2 Å². The third-order valence-electron chi connectivity index (χ3n) is 3.36. The number of aliphatic hydroxyl groups excluding tert-OH is 1. The zero-order valence-electron chi connectivity index (χ0n) is 11.0. The van der Waals surface area contributed by atoms with Crippen molar-refractivity contribution in [3.05, 3.63) is 35.9 Å². The lowest BCUT2D eigenvalue weighted by Gasteiger charge is -2.21. The predicted molar refractivity (Wildman–Crippen MR) is 72.3 cm³/mol. The molecular formula is C14H18N2O4. The quantitative estimate of drug-likeness (QED) is 0.746. The van der Waals surface area contributed by atoms with Crippen molar-refractivity contribution in [2.45, 2.75) is 25.0 Å². The van der Waals surface area contributed by atoms with Gasteiger partial charge in [0.05, 0.1) is 6.10 Å².